The van der Waals surface area contributed by atoms with Crippen molar-refractivity contribution in [3.05, 3.63) is 63.6 Å². The summed E-state index contributed by atoms with van der Waals surface area (Å²) in [5, 5.41) is 3.55. The first-order chi connectivity index (χ1) is 19.8. The summed E-state index contributed by atoms with van der Waals surface area (Å²) in [5.41, 5.74) is 2.38. The van der Waals surface area contributed by atoms with Crippen LogP contribution in [0, 0.1) is 17.8 Å². The van der Waals surface area contributed by atoms with Gasteiger partial charge in [-0.1, -0.05) is 41.4 Å². The molecule has 42 heavy (non-hydrogen) atoms. The Kier molecular flexibility index (Phi) is 8.90. The summed E-state index contributed by atoms with van der Waals surface area (Å²) in [6.07, 6.45) is 8.78. The molecule has 228 valence electrons. The maximum Gasteiger partial charge on any atom is 0.244 e. The number of hydrogen-bond donors (Lipinski definition) is 1. The Labute approximate surface area is 260 Å². The van der Waals surface area contributed by atoms with Crippen LogP contribution < -0.4 is 9.62 Å². The number of halogens is 2. The summed E-state index contributed by atoms with van der Waals surface area (Å²) in [6.45, 7) is 4.77. The van der Waals surface area contributed by atoms with Gasteiger partial charge in [0.2, 0.25) is 21.8 Å². The van der Waals surface area contributed by atoms with E-state index < -0.39 is 28.5 Å². The molecule has 4 aliphatic carbocycles. The van der Waals surface area contributed by atoms with Gasteiger partial charge < -0.3 is 10.2 Å². The van der Waals surface area contributed by atoms with Crippen molar-refractivity contribution in [2.45, 2.75) is 83.3 Å². The molecule has 4 fully saturated rings. The second-order valence-electron chi connectivity index (χ2n) is 13.1. The number of nitrogens with zero attached hydrogens (tertiary/aromatic N) is 2. The molecule has 4 bridgehead atoms. The van der Waals surface area contributed by atoms with E-state index in [0.717, 1.165) is 28.3 Å². The van der Waals surface area contributed by atoms with Crippen molar-refractivity contribution in [2.24, 2.45) is 17.8 Å². The van der Waals surface area contributed by atoms with Crippen LogP contribution in [-0.4, -0.2) is 50.0 Å². The molecule has 2 amide bonds. The van der Waals surface area contributed by atoms with Gasteiger partial charge in [-0.05, 0) is 112 Å². The number of carbonyl (C=O) groups is 2. The second kappa shape index (κ2) is 12.0. The maximum absolute atomic E-state index is 13.9. The van der Waals surface area contributed by atoms with Gasteiger partial charge in [-0.25, -0.2) is 8.42 Å². The Morgan fingerprint density at radius 3 is 1.93 bits per heavy atom. The molecule has 0 aromatic heterocycles. The Morgan fingerprint density at radius 1 is 0.929 bits per heavy atom. The van der Waals surface area contributed by atoms with Gasteiger partial charge in [-0.3, -0.25) is 13.9 Å². The van der Waals surface area contributed by atoms with E-state index in [-0.39, 0.29) is 23.9 Å². The highest BCUT2D eigenvalue weighted by Crippen LogP contribution is 2.60. The normalized spacial score (nSPS) is 25.4. The van der Waals surface area contributed by atoms with Gasteiger partial charge in [0.25, 0.3) is 0 Å². The summed E-state index contributed by atoms with van der Waals surface area (Å²) in [4.78, 5) is 28.2. The molecule has 1 atom stereocenters. The lowest BCUT2D eigenvalue weighted by atomic mass is 9.48. The summed E-state index contributed by atoms with van der Waals surface area (Å²) >= 11 is 12.8. The van der Waals surface area contributed by atoms with E-state index in [2.05, 4.69) is 17.4 Å². The van der Waals surface area contributed by atoms with E-state index in [0.29, 0.717) is 21.3 Å². The Bertz CT molecular complexity index is 1390. The van der Waals surface area contributed by atoms with Crippen LogP contribution in [-0.2, 0) is 31.6 Å². The number of nitrogens with one attached hydrogen (secondary N) is 1. The molecule has 0 spiro atoms. The van der Waals surface area contributed by atoms with Gasteiger partial charge in [-0.2, -0.15) is 0 Å². The van der Waals surface area contributed by atoms with Crippen molar-refractivity contribution < 1.29 is 18.0 Å². The molecule has 1 N–H and O–H groups in total. The lowest BCUT2D eigenvalue weighted by Gasteiger charge is -2.57. The standard InChI is InChI=1S/C32H41Cl2N3O4S/c1-20(2)35-31(39)21(3)36(18-27-28(33)6-5-7-29(27)34)30(38)19-37(42(4,40)41)26-10-8-25(9-11-26)32-15-22-12-23(16-32)14-24(13-22)17-32/h5-11,20-24H,12-19H2,1-4H3,(H,35,39)/t21-,22?,23?,24?,32?/m0/s1. The van der Waals surface area contributed by atoms with Crippen LogP contribution in [0.3, 0.4) is 0 Å². The van der Waals surface area contributed by atoms with Gasteiger partial charge in [0.05, 0.1) is 11.9 Å². The van der Waals surface area contributed by atoms with Gasteiger partial charge in [0, 0.05) is 28.2 Å². The summed E-state index contributed by atoms with van der Waals surface area (Å²) in [7, 11) is -3.83. The third-order valence-electron chi connectivity index (χ3n) is 9.47. The molecule has 4 saturated carbocycles. The Morgan fingerprint density at radius 2 is 1.45 bits per heavy atom. The highest BCUT2D eigenvalue weighted by Gasteiger charge is 2.51. The summed E-state index contributed by atoms with van der Waals surface area (Å²) in [6, 6.07) is 11.8. The van der Waals surface area contributed by atoms with Crippen LogP contribution >= 0.6 is 23.2 Å². The quantitative estimate of drug-likeness (QED) is 0.339. The van der Waals surface area contributed by atoms with E-state index in [1.807, 2.05) is 26.0 Å². The third kappa shape index (κ3) is 6.46. The lowest BCUT2D eigenvalue weighted by Crippen LogP contribution is -2.52. The van der Waals surface area contributed by atoms with Crippen LogP contribution in [0.2, 0.25) is 10.0 Å². The summed E-state index contributed by atoms with van der Waals surface area (Å²) < 4.78 is 27.2. The SMILES string of the molecule is CC(C)NC(=O)[C@H](C)N(Cc1c(Cl)cccc1Cl)C(=O)CN(c1ccc(C23CC4CC(CC(C4)C2)C3)cc1)S(C)(=O)=O. The van der Waals surface area contributed by atoms with Crippen molar-refractivity contribution in [1.82, 2.24) is 10.2 Å². The van der Waals surface area contributed by atoms with Crippen molar-refractivity contribution in [3.8, 4) is 0 Å². The topological polar surface area (TPSA) is 86.8 Å². The first-order valence-electron chi connectivity index (χ1n) is 14.9. The molecule has 0 aliphatic heterocycles. The number of sulfonamides is 1. The molecule has 7 nitrogen and oxygen atoms in total. The largest absolute Gasteiger partial charge is 0.352 e. The molecular formula is C32H41Cl2N3O4S. The maximum atomic E-state index is 13.9. The number of carbonyl (C=O) groups excluding carboxylic acids is 2. The van der Waals surface area contributed by atoms with Crippen LogP contribution in [0.5, 0.6) is 0 Å². The number of benzene rings is 2. The van der Waals surface area contributed by atoms with E-state index in [4.69, 9.17) is 23.2 Å². The first-order valence-corrected chi connectivity index (χ1v) is 17.5. The predicted molar refractivity (Wildman–Crippen MR) is 168 cm³/mol. The first kappa shape index (κ1) is 31.1. The molecular weight excluding hydrogens is 593 g/mol. The minimum atomic E-state index is -3.83. The van der Waals surface area contributed by atoms with Crippen LogP contribution in [0.25, 0.3) is 0 Å². The molecule has 6 rings (SSSR count). The average molecular weight is 635 g/mol. The van der Waals surface area contributed by atoms with Crippen molar-refractivity contribution in [1.29, 1.82) is 0 Å². The number of amides is 2. The highest BCUT2D eigenvalue weighted by molar-refractivity contribution is 7.92. The van der Waals surface area contributed by atoms with Gasteiger partial charge in [0.1, 0.15) is 12.6 Å². The molecule has 0 unspecified atom stereocenters. The zero-order valence-corrected chi connectivity index (χ0v) is 27.1. The fraction of sp³-hybridized carbons (Fsp3) is 0.562. The highest BCUT2D eigenvalue weighted by atomic mass is 35.5. The molecule has 10 heteroatoms. The third-order valence-corrected chi connectivity index (χ3v) is 11.3. The number of anilines is 1. The van der Waals surface area contributed by atoms with Gasteiger partial charge in [0.15, 0.2) is 0 Å². The molecule has 0 saturated heterocycles. The monoisotopic (exact) mass is 633 g/mol. The van der Waals surface area contributed by atoms with Crippen LogP contribution in [0.1, 0.15) is 70.4 Å². The molecule has 2 aromatic carbocycles. The lowest BCUT2D eigenvalue weighted by molar-refractivity contribution is -0.139. The van der Waals surface area contributed by atoms with Crippen LogP contribution in [0.4, 0.5) is 5.69 Å². The molecule has 0 radical (unpaired) electrons. The fourth-order valence-corrected chi connectivity index (χ4v) is 9.27. The van der Waals surface area contributed by atoms with Crippen molar-refractivity contribution in [3.63, 3.8) is 0 Å². The minimum Gasteiger partial charge on any atom is -0.352 e. The van der Waals surface area contributed by atoms with E-state index in [9.17, 15) is 18.0 Å². The summed E-state index contributed by atoms with van der Waals surface area (Å²) in [5.74, 6) is 1.51. The number of hydrogen-bond acceptors (Lipinski definition) is 4. The van der Waals surface area contributed by atoms with Gasteiger partial charge in [-0.15, -0.1) is 0 Å². The molecule has 4 aliphatic rings. The smallest absolute Gasteiger partial charge is 0.244 e. The fourth-order valence-electron chi connectivity index (χ4n) is 7.90. The molecule has 2 aromatic rings. The second-order valence-corrected chi connectivity index (χ2v) is 15.8. The Balaban J connectivity index is 1.41. The number of rotatable bonds is 10. The minimum absolute atomic E-state index is 0.0490. The van der Waals surface area contributed by atoms with Crippen molar-refractivity contribution in [2.75, 3.05) is 17.1 Å². The average Bonchev–Trinajstić information content (AvgIpc) is 2.89. The zero-order chi connectivity index (χ0) is 30.4. The predicted octanol–water partition coefficient (Wildman–Crippen LogP) is 6.17. The van der Waals surface area contributed by atoms with Gasteiger partial charge >= 0.3 is 0 Å². The van der Waals surface area contributed by atoms with Crippen LogP contribution in [0.15, 0.2) is 42.5 Å². The molecule has 0 heterocycles. The van der Waals surface area contributed by atoms with E-state index >= 15 is 0 Å². The van der Waals surface area contributed by atoms with E-state index in [1.54, 1.807) is 25.1 Å². The zero-order valence-electron chi connectivity index (χ0n) is 24.8. The van der Waals surface area contributed by atoms with Crippen molar-refractivity contribution >= 4 is 50.7 Å². The van der Waals surface area contributed by atoms with E-state index in [1.165, 1.54) is 49.0 Å². The Hall–Kier alpha value is -2.29.